The quantitative estimate of drug-likeness (QED) is 0.776. The van der Waals surface area contributed by atoms with E-state index in [0.29, 0.717) is 22.8 Å². The van der Waals surface area contributed by atoms with E-state index >= 15 is 0 Å². The fourth-order valence-corrected chi connectivity index (χ4v) is 3.39. The summed E-state index contributed by atoms with van der Waals surface area (Å²) >= 11 is 7.77. The fourth-order valence-electron chi connectivity index (χ4n) is 1.87. The number of halogens is 1. The lowest BCUT2D eigenvalue weighted by Gasteiger charge is -2.09. The minimum Gasteiger partial charge on any atom is -0.377 e. The normalized spacial score (nSPS) is 16.9. The molecule has 0 saturated heterocycles. The number of methoxy groups -OCH3 is 1. The molecule has 0 atom stereocenters. The molecule has 0 spiro atoms. The predicted molar refractivity (Wildman–Crippen MR) is 65.9 cm³/mol. The van der Waals surface area contributed by atoms with Gasteiger partial charge in [0.05, 0.1) is 0 Å². The first kappa shape index (κ1) is 12.1. The van der Waals surface area contributed by atoms with Crippen LogP contribution in [0.15, 0.2) is 11.1 Å². The number of thioether (sulfide) groups is 1. The summed E-state index contributed by atoms with van der Waals surface area (Å²) in [6.07, 6.45) is 5.24. The SMILES string of the molecule is COCc1nc(Cl)cc(SC2CCCC2)n1. The summed E-state index contributed by atoms with van der Waals surface area (Å²) in [6, 6.07) is 1.84. The van der Waals surface area contributed by atoms with Gasteiger partial charge in [-0.25, -0.2) is 9.97 Å². The lowest BCUT2D eigenvalue weighted by Crippen LogP contribution is -2.01. The first-order valence-electron chi connectivity index (χ1n) is 5.47. The summed E-state index contributed by atoms with van der Waals surface area (Å²) in [6.45, 7) is 0.415. The second-order valence-corrected chi connectivity index (χ2v) is 5.61. The average Bonchev–Trinajstić information content (AvgIpc) is 2.70. The smallest absolute Gasteiger partial charge is 0.156 e. The number of rotatable bonds is 4. The highest BCUT2D eigenvalue weighted by Gasteiger charge is 2.17. The average molecular weight is 259 g/mol. The van der Waals surface area contributed by atoms with Crippen LogP contribution in [0, 0.1) is 0 Å². The maximum atomic E-state index is 5.95. The van der Waals surface area contributed by atoms with Gasteiger partial charge in [-0.15, -0.1) is 11.8 Å². The number of hydrogen-bond acceptors (Lipinski definition) is 4. The zero-order valence-electron chi connectivity index (χ0n) is 9.28. The molecule has 0 aliphatic heterocycles. The van der Waals surface area contributed by atoms with Crippen molar-refractivity contribution in [2.45, 2.75) is 42.6 Å². The van der Waals surface area contributed by atoms with E-state index in [4.69, 9.17) is 16.3 Å². The second kappa shape index (κ2) is 5.84. The highest BCUT2D eigenvalue weighted by Crippen LogP contribution is 2.34. The Morgan fingerprint density at radius 2 is 2.19 bits per heavy atom. The van der Waals surface area contributed by atoms with Crippen LogP contribution in [0.4, 0.5) is 0 Å². The molecule has 1 heterocycles. The van der Waals surface area contributed by atoms with Crippen LogP contribution in [0.1, 0.15) is 31.5 Å². The van der Waals surface area contributed by atoms with Crippen LogP contribution in [-0.2, 0) is 11.3 Å². The van der Waals surface area contributed by atoms with E-state index in [1.807, 2.05) is 17.8 Å². The Morgan fingerprint density at radius 3 is 2.88 bits per heavy atom. The maximum Gasteiger partial charge on any atom is 0.156 e. The Kier molecular flexibility index (Phi) is 4.44. The van der Waals surface area contributed by atoms with Gasteiger partial charge in [0.1, 0.15) is 16.8 Å². The highest BCUT2D eigenvalue weighted by atomic mass is 35.5. The topological polar surface area (TPSA) is 35.0 Å². The van der Waals surface area contributed by atoms with Crippen LogP contribution >= 0.6 is 23.4 Å². The van der Waals surface area contributed by atoms with Crippen molar-refractivity contribution in [1.29, 1.82) is 0 Å². The molecule has 0 bridgehead atoms. The Bertz CT molecular complexity index is 356. The molecule has 0 radical (unpaired) electrons. The predicted octanol–water partition coefficient (Wildman–Crippen LogP) is 3.31. The van der Waals surface area contributed by atoms with E-state index in [1.165, 1.54) is 25.7 Å². The van der Waals surface area contributed by atoms with Gasteiger partial charge >= 0.3 is 0 Å². The Balaban J connectivity index is 2.06. The summed E-state index contributed by atoms with van der Waals surface area (Å²) in [5.41, 5.74) is 0. The van der Waals surface area contributed by atoms with E-state index in [9.17, 15) is 0 Å². The first-order valence-corrected chi connectivity index (χ1v) is 6.73. The summed E-state index contributed by atoms with van der Waals surface area (Å²) in [5, 5.41) is 2.17. The number of nitrogens with zero attached hydrogens (tertiary/aromatic N) is 2. The minimum absolute atomic E-state index is 0.415. The lowest BCUT2D eigenvalue weighted by molar-refractivity contribution is 0.177. The molecule has 0 unspecified atom stereocenters. The Labute approximate surface area is 105 Å². The third-order valence-corrected chi connectivity index (χ3v) is 4.03. The van der Waals surface area contributed by atoms with Gasteiger partial charge in [0.25, 0.3) is 0 Å². The van der Waals surface area contributed by atoms with Crippen molar-refractivity contribution in [3.05, 3.63) is 17.0 Å². The molecule has 1 fully saturated rings. The summed E-state index contributed by atoms with van der Waals surface area (Å²) < 4.78 is 5.01. The maximum absolute atomic E-state index is 5.95. The van der Waals surface area contributed by atoms with Crippen LogP contribution in [-0.4, -0.2) is 22.3 Å². The van der Waals surface area contributed by atoms with Gasteiger partial charge in [-0.1, -0.05) is 24.4 Å². The van der Waals surface area contributed by atoms with Gasteiger partial charge < -0.3 is 4.74 Å². The molecule has 1 aromatic rings. The molecule has 5 heteroatoms. The van der Waals surface area contributed by atoms with Crippen LogP contribution in [0.25, 0.3) is 0 Å². The van der Waals surface area contributed by atoms with Crippen molar-refractivity contribution < 1.29 is 4.74 Å². The molecule has 1 aliphatic rings. The zero-order valence-corrected chi connectivity index (χ0v) is 10.9. The number of ether oxygens (including phenoxy) is 1. The number of hydrogen-bond donors (Lipinski definition) is 0. The molecule has 0 N–H and O–H groups in total. The van der Waals surface area contributed by atoms with Gasteiger partial charge in [-0.05, 0) is 12.8 Å². The lowest BCUT2D eigenvalue weighted by atomic mass is 10.4. The molecular weight excluding hydrogens is 244 g/mol. The van der Waals surface area contributed by atoms with Crippen molar-refractivity contribution in [2.75, 3.05) is 7.11 Å². The second-order valence-electron chi connectivity index (χ2n) is 3.90. The van der Waals surface area contributed by atoms with E-state index in [-0.39, 0.29) is 0 Å². The molecule has 1 aromatic heterocycles. The van der Waals surface area contributed by atoms with Gasteiger partial charge in [0.15, 0.2) is 5.82 Å². The van der Waals surface area contributed by atoms with Crippen LogP contribution in [0.2, 0.25) is 5.15 Å². The molecule has 2 rings (SSSR count). The molecule has 0 aromatic carbocycles. The largest absolute Gasteiger partial charge is 0.377 e. The van der Waals surface area contributed by atoms with Crippen molar-refractivity contribution in [3.63, 3.8) is 0 Å². The molecule has 1 aliphatic carbocycles. The highest BCUT2D eigenvalue weighted by molar-refractivity contribution is 7.99. The number of aromatic nitrogens is 2. The van der Waals surface area contributed by atoms with E-state index < -0.39 is 0 Å². The third kappa shape index (κ3) is 3.34. The molecule has 16 heavy (non-hydrogen) atoms. The molecule has 0 amide bonds. The van der Waals surface area contributed by atoms with Crippen LogP contribution in [0.5, 0.6) is 0 Å². The molecule has 3 nitrogen and oxygen atoms in total. The van der Waals surface area contributed by atoms with Gasteiger partial charge in [0.2, 0.25) is 0 Å². The Morgan fingerprint density at radius 1 is 1.44 bits per heavy atom. The van der Waals surface area contributed by atoms with Crippen LogP contribution < -0.4 is 0 Å². The van der Waals surface area contributed by atoms with E-state index in [1.54, 1.807) is 7.11 Å². The van der Waals surface area contributed by atoms with Crippen molar-refractivity contribution in [2.24, 2.45) is 0 Å². The molecule has 88 valence electrons. The summed E-state index contributed by atoms with van der Waals surface area (Å²) in [4.78, 5) is 8.54. The molecular formula is C11H15ClN2OS. The standard InChI is InChI=1S/C11H15ClN2OS/c1-15-7-10-13-9(12)6-11(14-10)16-8-4-2-3-5-8/h6,8H,2-5,7H2,1H3. The van der Waals surface area contributed by atoms with E-state index in [0.717, 1.165) is 5.03 Å². The Hall–Kier alpha value is -0.320. The fraction of sp³-hybridized carbons (Fsp3) is 0.636. The monoisotopic (exact) mass is 258 g/mol. The zero-order chi connectivity index (χ0) is 11.4. The molecule has 1 saturated carbocycles. The first-order chi connectivity index (χ1) is 7.78. The van der Waals surface area contributed by atoms with Gasteiger partial charge in [-0.2, -0.15) is 0 Å². The van der Waals surface area contributed by atoms with Crippen molar-refractivity contribution in [3.8, 4) is 0 Å². The minimum atomic E-state index is 0.415. The van der Waals surface area contributed by atoms with Crippen molar-refractivity contribution in [1.82, 2.24) is 9.97 Å². The summed E-state index contributed by atoms with van der Waals surface area (Å²) in [7, 11) is 1.63. The van der Waals surface area contributed by atoms with E-state index in [2.05, 4.69) is 9.97 Å². The third-order valence-electron chi connectivity index (χ3n) is 2.58. The van der Waals surface area contributed by atoms with Gasteiger partial charge in [-0.3, -0.25) is 0 Å². The van der Waals surface area contributed by atoms with Crippen LogP contribution in [0.3, 0.4) is 0 Å². The summed E-state index contributed by atoms with van der Waals surface area (Å²) in [5.74, 6) is 0.662. The van der Waals surface area contributed by atoms with Gasteiger partial charge in [0, 0.05) is 18.4 Å². The van der Waals surface area contributed by atoms with Crippen molar-refractivity contribution >= 4 is 23.4 Å².